The first kappa shape index (κ1) is 19.2. The number of hydrogen-bond acceptors (Lipinski definition) is 1. The molecule has 0 saturated heterocycles. The van der Waals surface area contributed by atoms with Gasteiger partial charge in [-0.15, -0.1) is 11.6 Å². The van der Waals surface area contributed by atoms with Crippen molar-refractivity contribution in [3.05, 3.63) is 35.9 Å². The fourth-order valence-electron chi connectivity index (χ4n) is 6.49. The van der Waals surface area contributed by atoms with E-state index in [4.69, 9.17) is 29.6 Å². The zero-order valence-electron chi connectivity index (χ0n) is 15.9. The molecule has 2 aliphatic rings. The Morgan fingerprint density at radius 1 is 1.24 bits per heavy atom. The highest BCUT2D eigenvalue weighted by atomic mass is 35.5. The molecule has 0 aromatic heterocycles. The summed E-state index contributed by atoms with van der Waals surface area (Å²) >= 11 is 11.8. The van der Waals surface area contributed by atoms with Gasteiger partial charge in [0.2, 0.25) is 0 Å². The van der Waals surface area contributed by atoms with Gasteiger partial charge in [-0.05, 0) is 66.8 Å². The van der Waals surface area contributed by atoms with E-state index in [-0.39, 0.29) is 10.8 Å². The Labute approximate surface area is 163 Å². The fourth-order valence-corrected chi connectivity index (χ4v) is 7.00. The van der Waals surface area contributed by atoms with Gasteiger partial charge in [-0.1, -0.05) is 63.3 Å². The van der Waals surface area contributed by atoms with Crippen LogP contribution in [0.4, 0.5) is 0 Å². The fraction of sp³-hybridized carbons (Fsp3) is 0.682. The van der Waals surface area contributed by atoms with E-state index in [0.29, 0.717) is 22.2 Å². The maximum Gasteiger partial charge on any atom is 0.0787 e. The second kappa shape index (κ2) is 6.85. The normalized spacial score (nSPS) is 40.6. The second-order valence-electron chi connectivity index (χ2n) is 8.98. The van der Waals surface area contributed by atoms with E-state index < -0.39 is 0 Å². The average molecular weight is 378 g/mol. The van der Waals surface area contributed by atoms with Crippen LogP contribution in [0.25, 0.3) is 0 Å². The number of fused-ring (bicyclic) bond motifs is 2. The molecule has 0 heterocycles. The maximum absolute atomic E-state index is 6.29. The van der Waals surface area contributed by atoms with Crippen LogP contribution in [0, 0.1) is 22.7 Å². The van der Waals surface area contributed by atoms with Crippen molar-refractivity contribution in [1.82, 2.24) is 0 Å². The summed E-state index contributed by atoms with van der Waals surface area (Å²) in [6, 6.07) is 11.1. The minimum Gasteiger partial charge on any atom is -0.393 e. The first-order valence-corrected chi connectivity index (χ1v) is 10.7. The monoisotopic (exact) mass is 377 g/mol. The van der Waals surface area contributed by atoms with Crippen LogP contribution in [-0.4, -0.2) is 10.9 Å². The van der Waals surface area contributed by atoms with Crippen LogP contribution >= 0.6 is 23.8 Å². The van der Waals surface area contributed by atoms with E-state index in [9.17, 15) is 0 Å². The number of rotatable bonds is 5. The third-order valence-electron chi connectivity index (χ3n) is 7.75. The van der Waals surface area contributed by atoms with E-state index in [1.54, 1.807) is 0 Å². The molecular weight excluding hydrogens is 346 g/mol. The van der Waals surface area contributed by atoms with Crippen LogP contribution in [-0.2, 0) is 5.41 Å². The number of alkyl halides is 1. The molecule has 3 rings (SSSR count). The van der Waals surface area contributed by atoms with Gasteiger partial charge < -0.3 is 5.73 Å². The van der Waals surface area contributed by atoms with Gasteiger partial charge in [-0.2, -0.15) is 0 Å². The molecule has 2 saturated carbocycles. The van der Waals surface area contributed by atoms with Crippen molar-refractivity contribution in [3.63, 3.8) is 0 Å². The zero-order chi connectivity index (χ0) is 18.3. The smallest absolute Gasteiger partial charge is 0.0787 e. The van der Waals surface area contributed by atoms with Gasteiger partial charge in [0.15, 0.2) is 0 Å². The highest BCUT2D eigenvalue weighted by molar-refractivity contribution is 7.80. The minimum absolute atomic E-state index is 0.0546. The first-order valence-electron chi connectivity index (χ1n) is 9.73. The summed E-state index contributed by atoms with van der Waals surface area (Å²) in [4.78, 5) is 0.697. The minimum atomic E-state index is -0.0546. The lowest BCUT2D eigenvalue weighted by atomic mass is 9.42. The van der Waals surface area contributed by atoms with Crippen LogP contribution in [0.1, 0.15) is 64.9 Å². The lowest BCUT2D eigenvalue weighted by molar-refractivity contribution is -0.0720. The Morgan fingerprint density at radius 3 is 2.48 bits per heavy atom. The maximum atomic E-state index is 6.29. The third kappa shape index (κ3) is 3.04. The summed E-state index contributed by atoms with van der Waals surface area (Å²) in [5.41, 5.74) is 8.23. The molecule has 0 aliphatic heterocycles. The molecule has 2 N–H and O–H groups in total. The third-order valence-corrected chi connectivity index (χ3v) is 8.44. The van der Waals surface area contributed by atoms with E-state index in [1.165, 1.54) is 24.8 Å². The number of halogens is 1. The van der Waals surface area contributed by atoms with Crippen molar-refractivity contribution >= 4 is 28.8 Å². The summed E-state index contributed by atoms with van der Waals surface area (Å²) in [5.74, 6) is 2.06. The number of nitrogens with two attached hydrogens (primary N) is 1. The molecule has 3 heteroatoms. The molecule has 25 heavy (non-hydrogen) atoms. The molecule has 0 radical (unpaired) electrons. The standard InChI is InChI=1S/C22H32ClNS/c1-4-22(10-11-23)16(2)12-21(17-8-6-5-7-9-17)14-18(22)13-20(3,15-21)19(24)25/h5-9,16,18H,4,10-15H2,1-3H3,(H2,24,25). The first-order chi connectivity index (χ1) is 11.8. The van der Waals surface area contributed by atoms with Gasteiger partial charge in [0.05, 0.1) is 4.99 Å². The Morgan fingerprint density at radius 2 is 1.92 bits per heavy atom. The largest absolute Gasteiger partial charge is 0.393 e. The van der Waals surface area contributed by atoms with Crippen molar-refractivity contribution in [2.24, 2.45) is 28.4 Å². The highest BCUT2D eigenvalue weighted by Crippen LogP contribution is 2.65. The van der Waals surface area contributed by atoms with Crippen LogP contribution < -0.4 is 5.73 Å². The molecule has 1 nitrogen and oxygen atoms in total. The Kier molecular flexibility index (Phi) is 5.25. The summed E-state index contributed by atoms with van der Waals surface area (Å²) < 4.78 is 0. The number of hydrogen-bond donors (Lipinski definition) is 1. The molecule has 2 fully saturated rings. The molecule has 2 bridgehead atoms. The van der Waals surface area contributed by atoms with Crippen LogP contribution in [0.15, 0.2) is 30.3 Å². The van der Waals surface area contributed by atoms with Gasteiger partial charge in [0, 0.05) is 11.3 Å². The SMILES string of the molecule is CCC1(CCCl)C(C)CC2(c3ccccc3)CC1CC(C)(C(N)=S)C2. The highest BCUT2D eigenvalue weighted by Gasteiger charge is 2.59. The number of benzene rings is 1. The molecule has 138 valence electrons. The lowest BCUT2D eigenvalue weighted by Gasteiger charge is -2.62. The Bertz CT molecular complexity index is 628. The quantitative estimate of drug-likeness (QED) is 0.496. The van der Waals surface area contributed by atoms with Gasteiger partial charge >= 0.3 is 0 Å². The molecule has 0 spiro atoms. The average Bonchev–Trinajstić information content (AvgIpc) is 2.59. The lowest BCUT2D eigenvalue weighted by Crippen LogP contribution is -2.57. The topological polar surface area (TPSA) is 26.0 Å². The molecule has 5 unspecified atom stereocenters. The zero-order valence-corrected chi connectivity index (χ0v) is 17.4. The van der Waals surface area contributed by atoms with Crippen molar-refractivity contribution in [2.75, 3.05) is 5.88 Å². The summed E-state index contributed by atoms with van der Waals surface area (Å²) in [5, 5.41) is 0. The van der Waals surface area contributed by atoms with Crippen LogP contribution in [0.2, 0.25) is 0 Å². The van der Waals surface area contributed by atoms with Crippen LogP contribution in [0.5, 0.6) is 0 Å². The van der Waals surface area contributed by atoms with Crippen molar-refractivity contribution in [3.8, 4) is 0 Å². The Hall–Kier alpha value is -0.600. The van der Waals surface area contributed by atoms with Crippen molar-refractivity contribution in [1.29, 1.82) is 0 Å². The van der Waals surface area contributed by atoms with Crippen molar-refractivity contribution in [2.45, 2.75) is 64.7 Å². The molecular formula is C22H32ClNS. The van der Waals surface area contributed by atoms with Crippen molar-refractivity contribution < 1.29 is 0 Å². The molecule has 1 aromatic carbocycles. The molecule has 5 atom stereocenters. The molecule has 1 aromatic rings. The summed E-state index contributed by atoms with van der Waals surface area (Å²) in [6.07, 6.45) is 6.98. The van der Waals surface area contributed by atoms with Gasteiger partial charge in [0.1, 0.15) is 0 Å². The van der Waals surface area contributed by atoms with E-state index >= 15 is 0 Å². The number of thiocarbonyl (C=S) groups is 1. The van der Waals surface area contributed by atoms with Crippen LogP contribution in [0.3, 0.4) is 0 Å². The summed E-state index contributed by atoms with van der Waals surface area (Å²) in [7, 11) is 0. The van der Waals surface area contributed by atoms with E-state index in [0.717, 1.165) is 25.1 Å². The molecule has 2 aliphatic carbocycles. The molecule has 0 amide bonds. The summed E-state index contributed by atoms with van der Waals surface area (Å²) in [6.45, 7) is 7.12. The predicted molar refractivity (Wildman–Crippen MR) is 112 cm³/mol. The second-order valence-corrected chi connectivity index (χ2v) is 9.80. The van der Waals surface area contributed by atoms with Gasteiger partial charge in [-0.3, -0.25) is 0 Å². The van der Waals surface area contributed by atoms with Gasteiger partial charge in [0.25, 0.3) is 0 Å². The van der Waals surface area contributed by atoms with E-state index in [2.05, 4.69) is 51.1 Å². The Balaban J connectivity index is 2.10. The van der Waals surface area contributed by atoms with Gasteiger partial charge in [-0.25, -0.2) is 0 Å². The predicted octanol–water partition coefficient (Wildman–Crippen LogP) is 6.08. The van der Waals surface area contributed by atoms with E-state index in [1.807, 2.05) is 0 Å².